The van der Waals surface area contributed by atoms with Crippen molar-refractivity contribution >= 4 is 5.91 Å². The Bertz CT molecular complexity index is 180. The van der Waals surface area contributed by atoms with Gasteiger partial charge in [-0.3, -0.25) is 4.79 Å². The summed E-state index contributed by atoms with van der Waals surface area (Å²) < 4.78 is 0. The minimum Gasteiger partial charge on any atom is -0.350 e. The SMILES string of the molecule is CC/C(C)=C/C(=O)NC1CC1. The maximum absolute atomic E-state index is 11.1. The zero-order chi connectivity index (χ0) is 8.27. The average Bonchev–Trinajstić information content (AvgIpc) is 2.71. The number of carbonyl (C=O) groups is 1. The molecule has 0 spiro atoms. The van der Waals surface area contributed by atoms with Gasteiger partial charge in [-0.05, 0) is 26.2 Å². The summed E-state index contributed by atoms with van der Waals surface area (Å²) in [4.78, 5) is 11.1. The second kappa shape index (κ2) is 3.56. The van der Waals surface area contributed by atoms with Gasteiger partial charge in [0.2, 0.25) is 5.91 Å². The molecule has 0 aliphatic heterocycles. The fourth-order valence-electron chi connectivity index (χ4n) is 0.796. The van der Waals surface area contributed by atoms with E-state index in [1.54, 1.807) is 6.08 Å². The first-order valence-electron chi connectivity index (χ1n) is 4.20. The van der Waals surface area contributed by atoms with Crippen LogP contribution in [0.25, 0.3) is 0 Å². The first kappa shape index (κ1) is 8.31. The zero-order valence-corrected chi connectivity index (χ0v) is 7.18. The molecule has 0 heterocycles. The molecule has 1 rings (SSSR count). The van der Waals surface area contributed by atoms with Gasteiger partial charge >= 0.3 is 0 Å². The van der Waals surface area contributed by atoms with Gasteiger partial charge in [0.05, 0.1) is 0 Å². The van der Waals surface area contributed by atoms with Gasteiger partial charge in [0, 0.05) is 12.1 Å². The number of nitrogens with one attached hydrogen (secondary N) is 1. The Morgan fingerprint density at radius 3 is 2.73 bits per heavy atom. The van der Waals surface area contributed by atoms with E-state index in [1.165, 1.54) is 0 Å². The smallest absolute Gasteiger partial charge is 0.244 e. The summed E-state index contributed by atoms with van der Waals surface area (Å²) in [6.07, 6.45) is 4.96. The van der Waals surface area contributed by atoms with E-state index in [4.69, 9.17) is 0 Å². The average molecular weight is 153 g/mol. The maximum Gasteiger partial charge on any atom is 0.244 e. The highest BCUT2D eigenvalue weighted by Gasteiger charge is 2.22. The first-order valence-corrected chi connectivity index (χ1v) is 4.20. The molecule has 11 heavy (non-hydrogen) atoms. The quantitative estimate of drug-likeness (QED) is 0.613. The van der Waals surface area contributed by atoms with Crippen LogP contribution >= 0.6 is 0 Å². The summed E-state index contributed by atoms with van der Waals surface area (Å²) in [5.41, 5.74) is 1.14. The highest BCUT2D eigenvalue weighted by atomic mass is 16.1. The molecular formula is C9H15NO. The van der Waals surface area contributed by atoms with Crippen LogP contribution in [-0.4, -0.2) is 11.9 Å². The highest BCUT2D eigenvalue weighted by molar-refractivity contribution is 5.88. The lowest BCUT2D eigenvalue weighted by Crippen LogP contribution is -2.23. The van der Waals surface area contributed by atoms with Crippen molar-refractivity contribution < 1.29 is 4.79 Å². The Morgan fingerprint density at radius 1 is 1.64 bits per heavy atom. The molecule has 1 saturated carbocycles. The minimum absolute atomic E-state index is 0.0758. The van der Waals surface area contributed by atoms with E-state index in [2.05, 4.69) is 12.2 Å². The molecule has 0 aromatic heterocycles. The van der Waals surface area contributed by atoms with Gasteiger partial charge in [-0.2, -0.15) is 0 Å². The Kier molecular flexibility index (Phi) is 2.69. The van der Waals surface area contributed by atoms with E-state index in [0.29, 0.717) is 6.04 Å². The van der Waals surface area contributed by atoms with E-state index >= 15 is 0 Å². The standard InChI is InChI=1S/C9H15NO/c1-3-7(2)6-9(11)10-8-4-5-8/h6,8H,3-5H2,1-2H3,(H,10,11)/b7-6+. The van der Waals surface area contributed by atoms with Crippen LogP contribution in [0.4, 0.5) is 0 Å². The van der Waals surface area contributed by atoms with Crippen molar-refractivity contribution in [2.24, 2.45) is 0 Å². The van der Waals surface area contributed by atoms with Crippen LogP contribution in [0.3, 0.4) is 0 Å². The minimum atomic E-state index is 0.0758. The van der Waals surface area contributed by atoms with Crippen molar-refractivity contribution in [3.05, 3.63) is 11.6 Å². The number of hydrogen-bond acceptors (Lipinski definition) is 1. The number of amides is 1. The summed E-state index contributed by atoms with van der Waals surface area (Å²) in [7, 11) is 0. The van der Waals surface area contributed by atoms with Crippen molar-refractivity contribution in [3.63, 3.8) is 0 Å². The molecule has 1 N–H and O–H groups in total. The molecule has 0 aromatic rings. The molecule has 1 aliphatic carbocycles. The van der Waals surface area contributed by atoms with Crippen molar-refractivity contribution in [2.75, 3.05) is 0 Å². The molecule has 0 aromatic carbocycles. The predicted octanol–water partition coefficient (Wildman–Crippen LogP) is 1.62. The molecule has 0 saturated heterocycles. The van der Waals surface area contributed by atoms with Gasteiger partial charge in [-0.25, -0.2) is 0 Å². The predicted molar refractivity (Wildman–Crippen MR) is 45.2 cm³/mol. The Labute approximate surface area is 67.7 Å². The van der Waals surface area contributed by atoms with Gasteiger partial charge in [-0.1, -0.05) is 12.5 Å². The Hall–Kier alpha value is -0.790. The molecule has 1 fully saturated rings. The molecule has 62 valence electrons. The topological polar surface area (TPSA) is 29.1 Å². The molecule has 1 amide bonds. The van der Waals surface area contributed by atoms with Crippen LogP contribution in [0.5, 0.6) is 0 Å². The van der Waals surface area contributed by atoms with Crippen LogP contribution < -0.4 is 5.32 Å². The molecule has 0 bridgehead atoms. The van der Waals surface area contributed by atoms with Gasteiger partial charge in [0.1, 0.15) is 0 Å². The largest absolute Gasteiger partial charge is 0.350 e. The van der Waals surface area contributed by atoms with E-state index in [9.17, 15) is 4.79 Å². The fourth-order valence-corrected chi connectivity index (χ4v) is 0.796. The van der Waals surface area contributed by atoms with Crippen molar-refractivity contribution in [2.45, 2.75) is 39.2 Å². The molecule has 0 unspecified atom stereocenters. The summed E-state index contributed by atoms with van der Waals surface area (Å²) in [5, 5.41) is 2.90. The van der Waals surface area contributed by atoms with Crippen LogP contribution in [0, 0.1) is 0 Å². The van der Waals surface area contributed by atoms with Crippen LogP contribution in [0.15, 0.2) is 11.6 Å². The van der Waals surface area contributed by atoms with E-state index < -0.39 is 0 Å². The third-order valence-electron chi connectivity index (χ3n) is 1.86. The lowest BCUT2D eigenvalue weighted by Gasteiger charge is -1.98. The third kappa shape index (κ3) is 3.21. The summed E-state index contributed by atoms with van der Waals surface area (Å²) in [6, 6.07) is 0.475. The fraction of sp³-hybridized carbons (Fsp3) is 0.667. The normalized spacial score (nSPS) is 18.2. The van der Waals surface area contributed by atoms with E-state index in [1.807, 2.05) is 6.92 Å². The van der Waals surface area contributed by atoms with E-state index in [0.717, 1.165) is 24.8 Å². The number of carbonyl (C=O) groups excluding carboxylic acids is 1. The molecule has 0 radical (unpaired) electrons. The van der Waals surface area contributed by atoms with E-state index in [-0.39, 0.29) is 5.91 Å². The molecule has 2 nitrogen and oxygen atoms in total. The van der Waals surface area contributed by atoms with Gasteiger partial charge in [0.25, 0.3) is 0 Å². The lowest BCUT2D eigenvalue weighted by molar-refractivity contribution is -0.116. The maximum atomic E-state index is 11.1. The lowest BCUT2D eigenvalue weighted by atomic mass is 10.2. The molecule has 1 aliphatic rings. The van der Waals surface area contributed by atoms with Crippen molar-refractivity contribution in [1.82, 2.24) is 5.32 Å². The van der Waals surface area contributed by atoms with Crippen LogP contribution in [0.1, 0.15) is 33.1 Å². The summed E-state index contributed by atoms with van der Waals surface area (Å²) >= 11 is 0. The van der Waals surface area contributed by atoms with Gasteiger partial charge in [0.15, 0.2) is 0 Å². The number of rotatable bonds is 3. The molecular weight excluding hydrogens is 138 g/mol. The monoisotopic (exact) mass is 153 g/mol. The van der Waals surface area contributed by atoms with Crippen molar-refractivity contribution in [3.8, 4) is 0 Å². The second-order valence-electron chi connectivity index (χ2n) is 3.13. The van der Waals surface area contributed by atoms with Crippen LogP contribution in [-0.2, 0) is 4.79 Å². The van der Waals surface area contributed by atoms with Crippen molar-refractivity contribution in [1.29, 1.82) is 0 Å². The Morgan fingerprint density at radius 2 is 2.27 bits per heavy atom. The number of hydrogen-bond donors (Lipinski definition) is 1. The molecule has 0 atom stereocenters. The van der Waals surface area contributed by atoms with Gasteiger partial charge < -0.3 is 5.32 Å². The molecule has 2 heteroatoms. The number of allylic oxidation sites excluding steroid dienone is 1. The Balaban J connectivity index is 2.28. The highest BCUT2D eigenvalue weighted by Crippen LogP contribution is 2.18. The van der Waals surface area contributed by atoms with Gasteiger partial charge in [-0.15, -0.1) is 0 Å². The zero-order valence-electron chi connectivity index (χ0n) is 7.18. The summed E-state index contributed by atoms with van der Waals surface area (Å²) in [6.45, 7) is 4.03. The summed E-state index contributed by atoms with van der Waals surface area (Å²) in [5.74, 6) is 0.0758. The third-order valence-corrected chi connectivity index (χ3v) is 1.86. The van der Waals surface area contributed by atoms with Crippen LogP contribution in [0.2, 0.25) is 0 Å². The first-order chi connectivity index (χ1) is 5.22. The second-order valence-corrected chi connectivity index (χ2v) is 3.13.